The van der Waals surface area contributed by atoms with Crippen LogP contribution in [0.1, 0.15) is 44.0 Å². The molecule has 0 spiro atoms. The summed E-state index contributed by atoms with van der Waals surface area (Å²) >= 11 is 0. The Labute approximate surface area is 102 Å². The van der Waals surface area contributed by atoms with E-state index in [0.29, 0.717) is 18.2 Å². The molecule has 1 aromatic heterocycles. The molecule has 1 unspecified atom stereocenters. The van der Waals surface area contributed by atoms with Gasteiger partial charge in [-0.05, 0) is 30.0 Å². The van der Waals surface area contributed by atoms with Gasteiger partial charge in [0.15, 0.2) is 0 Å². The lowest BCUT2D eigenvalue weighted by Gasteiger charge is -2.27. The molecule has 4 nitrogen and oxygen atoms in total. The van der Waals surface area contributed by atoms with Crippen molar-refractivity contribution in [2.24, 2.45) is 11.3 Å². The van der Waals surface area contributed by atoms with E-state index in [0.717, 1.165) is 6.54 Å². The van der Waals surface area contributed by atoms with Crippen molar-refractivity contribution in [3.63, 3.8) is 0 Å². The predicted molar refractivity (Wildman–Crippen MR) is 66.0 cm³/mol. The Balaban J connectivity index is 2.38. The van der Waals surface area contributed by atoms with Crippen LogP contribution in [0.4, 0.5) is 0 Å². The monoisotopic (exact) mass is 239 g/mol. The number of nitrogens with one attached hydrogen (secondary N) is 1. The Morgan fingerprint density at radius 1 is 1.47 bits per heavy atom. The minimum absolute atomic E-state index is 0.00864. The maximum atomic E-state index is 10.6. The average molecular weight is 239 g/mol. The van der Waals surface area contributed by atoms with Gasteiger partial charge in [-0.2, -0.15) is 0 Å². The van der Waals surface area contributed by atoms with Gasteiger partial charge in [0.05, 0.1) is 6.54 Å². The van der Waals surface area contributed by atoms with Gasteiger partial charge in [0.2, 0.25) is 5.76 Å². The molecule has 0 fully saturated rings. The summed E-state index contributed by atoms with van der Waals surface area (Å²) in [6, 6.07) is 3.17. The van der Waals surface area contributed by atoms with Crippen molar-refractivity contribution in [2.75, 3.05) is 6.54 Å². The average Bonchev–Trinajstić information content (AvgIpc) is 2.64. The lowest BCUT2D eigenvalue weighted by atomic mass is 9.82. The molecule has 0 aromatic carbocycles. The van der Waals surface area contributed by atoms with Gasteiger partial charge in [0.1, 0.15) is 5.76 Å². The first kappa shape index (κ1) is 13.8. The van der Waals surface area contributed by atoms with Crippen LogP contribution in [-0.4, -0.2) is 17.6 Å². The number of aromatic carboxylic acids is 1. The minimum atomic E-state index is -1.03. The second-order valence-corrected chi connectivity index (χ2v) is 5.47. The van der Waals surface area contributed by atoms with E-state index >= 15 is 0 Å². The Morgan fingerprint density at radius 2 is 2.12 bits per heavy atom. The summed E-state index contributed by atoms with van der Waals surface area (Å²) in [7, 11) is 0. The minimum Gasteiger partial charge on any atom is -0.475 e. The second kappa shape index (κ2) is 5.36. The fourth-order valence-electron chi connectivity index (χ4n) is 1.31. The lowest BCUT2D eigenvalue weighted by Crippen LogP contribution is -2.29. The largest absolute Gasteiger partial charge is 0.475 e. The molecule has 1 rings (SSSR count). The van der Waals surface area contributed by atoms with Gasteiger partial charge in [0, 0.05) is 0 Å². The fourth-order valence-corrected chi connectivity index (χ4v) is 1.31. The Hall–Kier alpha value is -1.29. The van der Waals surface area contributed by atoms with Crippen molar-refractivity contribution in [1.82, 2.24) is 5.32 Å². The van der Waals surface area contributed by atoms with Crippen LogP contribution in [0.25, 0.3) is 0 Å². The highest BCUT2D eigenvalue weighted by atomic mass is 16.4. The van der Waals surface area contributed by atoms with Crippen molar-refractivity contribution in [3.05, 3.63) is 23.7 Å². The summed E-state index contributed by atoms with van der Waals surface area (Å²) in [5.41, 5.74) is 0.266. The van der Waals surface area contributed by atoms with Gasteiger partial charge in [-0.15, -0.1) is 0 Å². The molecular weight excluding hydrogens is 218 g/mol. The first-order valence-electron chi connectivity index (χ1n) is 5.83. The van der Waals surface area contributed by atoms with Crippen molar-refractivity contribution in [3.8, 4) is 0 Å². The van der Waals surface area contributed by atoms with Crippen LogP contribution in [0, 0.1) is 11.3 Å². The zero-order valence-corrected chi connectivity index (χ0v) is 10.9. The Bertz CT molecular complexity index is 376. The van der Waals surface area contributed by atoms with Gasteiger partial charge < -0.3 is 14.8 Å². The highest BCUT2D eigenvalue weighted by molar-refractivity contribution is 5.84. The molecule has 1 atom stereocenters. The van der Waals surface area contributed by atoms with E-state index in [-0.39, 0.29) is 11.2 Å². The molecular formula is C13H21NO3. The van der Waals surface area contributed by atoms with Crippen LogP contribution in [0.5, 0.6) is 0 Å². The zero-order chi connectivity index (χ0) is 13.1. The number of hydrogen-bond acceptors (Lipinski definition) is 3. The number of carbonyl (C=O) groups is 1. The standard InChI is InChI=1S/C13H21NO3/c1-9(13(2,3)4)7-14-8-10-5-6-11(17-10)12(15)16/h5-6,9,14H,7-8H2,1-4H3,(H,15,16). The smallest absolute Gasteiger partial charge is 0.371 e. The van der Waals surface area contributed by atoms with Gasteiger partial charge in [-0.1, -0.05) is 27.7 Å². The van der Waals surface area contributed by atoms with Crippen LogP contribution < -0.4 is 5.32 Å². The number of carboxylic acid groups (broad SMARTS) is 1. The number of furan rings is 1. The van der Waals surface area contributed by atoms with Gasteiger partial charge in [0.25, 0.3) is 0 Å². The second-order valence-electron chi connectivity index (χ2n) is 5.47. The summed E-state index contributed by atoms with van der Waals surface area (Å²) in [6.45, 7) is 10.2. The maximum Gasteiger partial charge on any atom is 0.371 e. The molecule has 17 heavy (non-hydrogen) atoms. The van der Waals surface area contributed by atoms with Crippen LogP contribution in [0.2, 0.25) is 0 Å². The molecule has 1 heterocycles. The first-order chi connectivity index (χ1) is 7.80. The Morgan fingerprint density at radius 3 is 2.59 bits per heavy atom. The molecule has 1 aromatic rings. The van der Waals surface area contributed by atoms with E-state index < -0.39 is 5.97 Å². The molecule has 0 saturated carbocycles. The van der Waals surface area contributed by atoms with Crippen molar-refractivity contribution in [1.29, 1.82) is 0 Å². The molecule has 0 saturated heterocycles. The molecule has 0 aliphatic rings. The van der Waals surface area contributed by atoms with Crippen LogP contribution in [0.3, 0.4) is 0 Å². The highest BCUT2D eigenvalue weighted by Gasteiger charge is 2.19. The Kier molecular flexibility index (Phi) is 4.34. The van der Waals surface area contributed by atoms with Crippen LogP contribution >= 0.6 is 0 Å². The normalized spacial score (nSPS) is 13.6. The van der Waals surface area contributed by atoms with Crippen LogP contribution in [-0.2, 0) is 6.54 Å². The van der Waals surface area contributed by atoms with E-state index in [1.54, 1.807) is 6.07 Å². The fraction of sp³-hybridized carbons (Fsp3) is 0.615. The summed E-state index contributed by atoms with van der Waals surface area (Å²) in [5, 5.41) is 12.0. The van der Waals surface area contributed by atoms with E-state index in [1.807, 2.05) is 0 Å². The number of hydrogen-bond donors (Lipinski definition) is 2. The zero-order valence-electron chi connectivity index (χ0n) is 10.9. The van der Waals surface area contributed by atoms with E-state index in [9.17, 15) is 4.79 Å². The van der Waals surface area contributed by atoms with Gasteiger partial charge in [-0.3, -0.25) is 0 Å². The summed E-state index contributed by atoms with van der Waals surface area (Å²) in [6.07, 6.45) is 0. The van der Waals surface area contributed by atoms with Crippen LogP contribution in [0.15, 0.2) is 16.5 Å². The molecule has 0 bridgehead atoms. The maximum absolute atomic E-state index is 10.6. The summed E-state index contributed by atoms with van der Waals surface area (Å²) < 4.78 is 5.15. The van der Waals surface area contributed by atoms with Crippen molar-refractivity contribution in [2.45, 2.75) is 34.2 Å². The molecule has 96 valence electrons. The summed E-state index contributed by atoms with van der Waals surface area (Å²) in [4.78, 5) is 10.6. The van der Waals surface area contributed by atoms with E-state index in [2.05, 4.69) is 33.0 Å². The third-order valence-corrected chi connectivity index (χ3v) is 3.10. The van der Waals surface area contributed by atoms with E-state index in [1.165, 1.54) is 6.07 Å². The molecule has 2 N–H and O–H groups in total. The molecule has 0 radical (unpaired) electrons. The highest BCUT2D eigenvalue weighted by Crippen LogP contribution is 2.24. The molecule has 0 aliphatic carbocycles. The summed E-state index contributed by atoms with van der Waals surface area (Å²) in [5.74, 6) is 0.157. The first-order valence-corrected chi connectivity index (χ1v) is 5.83. The van der Waals surface area contributed by atoms with Crippen molar-refractivity contribution >= 4 is 5.97 Å². The lowest BCUT2D eigenvalue weighted by molar-refractivity contribution is 0.0660. The van der Waals surface area contributed by atoms with Gasteiger partial charge in [-0.25, -0.2) is 4.79 Å². The molecule has 0 amide bonds. The third kappa shape index (κ3) is 4.23. The van der Waals surface area contributed by atoms with Gasteiger partial charge >= 0.3 is 5.97 Å². The predicted octanol–water partition coefficient (Wildman–Crippen LogP) is 2.75. The topological polar surface area (TPSA) is 62.5 Å². The van der Waals surface area contributed by atoms with Crippen molar-refractivity contribution < 1.29 is 14.3 Å². The SMILES string of the molecule is CC(CNCc1ccc(C(=O)O)o1)C(C)(C)C. The number of rotatable bonds is 5. The molecule has 4 heteroatoms. The molecule has 0 aliphatic heterocycles. The van der Waals surface area contributed by atoms with E-state index in [4.69, 9.17) is 9.52 Å². The number of carboxylic acids is 1. The quantitative estimate of drug-likeness (QED) is 0.829. The third-order valence-electron chi connectivity index (χ3n) is 3.10.